The molecule has 11 heteroatoms. The van der Waals surface area contributed by atoms with Crippen LogP contribution in [0, 0.1) is 0 Å². The van der Waals surface area contributed by atoms with E-state index in [0.717, 1.165) is 0 Å². The van der Waals surface area contributed by atoms with Gasteiger partial charge in [-0.1, -0.05) is 0 Å². The molecular formula is C15H23ClN2O7S. The second kappa shape index (κ2) is 9.45. The minimum absolute atomic E-state index is 0. The Balaban J connectivity index is 0.00000338. The Kier molecular flexibility index (Phi) is 8.19. The normalized spacial score (nSPS) is 22.8. The van der Waals surface area contributed by atoms with Gasteiger partial charge in [0.25, 0.3) is 0 Å². The Hall–Kier alpha value is -1.49. The van der Waals surface area contributed by atoms with Crippen LogP contribution in [0.1, 0.15) is 20.8 Å². The van der Waals surface area contributed by atoms with Crippen molar-refractivity contribution in [3.05, 3.63) is 11.3 Å². The first-order valence-electron chi connectivity index (χ1n) is 7.75. The number of rotatable bonds is 6. The minimum Gasteiger partial charge on any atom is -0.431 e. The van der Waals surface area contributed by atoms with Crippen LogP contribution in [0.5, 0.6) is 0 Å². The average molecular weight is 411 g/mol. The largest absolute Gasteiger partial charge is 0.511 e. The summed E-state index contributed by atoms with van der Waals surface area (Å²) in [6, 6.07) is -0.647. The number of thioether (sulfide) groups is 1. The molecule has 1 saturated heterocycles. The zero-order valence-electron chi connectivity index (χ0n) is 14.9. The van der Waals surface area contributed by atoms with E-state index in [1.807, 2.05) is 0 Å². The summed E-state index contributed by atoms with van der Waals surface area (Å²) < 4.78 is 19.9. The molecule has 148 valence electrons. The van der Waals surface area contributed by atoms with E-state index in [1.54, 1.807) is 13.8 Å². The molecule has 2 heterocycles. The van der Waals surface area contributed by atoms with Crippen LogP contribution >= 0.6 is 24.2 Å². The van der Waals surface area contributed by atoms with Crippen molar-refractivity contribution in [2.75, 3.05) is 19.5 Å². The van der Waals surface area contributed by atoms with Crippen LogP contribution in [-0.4, -0.2) is 66.2 Å². The summed E-state index contributed by atoms with van der Waals surface area (Å²) in [5.41, 5.74) is 6.49. The second-order valence-electron chi connectivity index (χ2n) is 5.83. The summed E-state index contributed by atoms with van der Waals surface area (Å²) in [6.07, 6.45) is -2.48. The molecule has 0 aromatic heterocycles. The molecule has 0 aromatic rings. The van der Waals surface area contributed by atoms with Gasteiger partial charge in [-0.3, -0.25) is 9.69 Å². The number of carbonyl (C=O) groups excluding carboxylic acids is 3. The highest BCUT2D eigenvalue weighted by Crippen LogP contribution is 2.39. The van der Waals surface area contributed by atoms with Crippen molar-refractivity contribution < 1.29 is 33.3 Å². The fourth-order valence-electron chi connectivity index (χ4n) is 2.44. The molecular weight excluding hydrogens is 388 g/mol. The number of amides is 1. The molecule has 2 rings (SSSR count). The van der Waals surface area contributed by atoms with Crippen molar-refractivity contribution in [3.8, 4) is 0 Å². The summed E-state index contributed by atoms with van der Waals surface area (Å²) in [5, 5.41) is -0.308. The molecule has 0 aliphatic carbocycles. The lowest BCUT2D eigenvalue weighted by molar-refractivity contribution is -0.169. The number of β-lactam (4-membered cyclic amide) rings is 1. The van der Waals surface area contributed by atoms with E-state index in [4.69, 9.17) is 24.7 Å². The first-order valence-corrected chi connectivity index (χ1v) is 8.80. The number of esters is 1. The van der Waals surface area contributed by atoms with E-state index in [1.165, 1.54) is 30.7 Å². The van der Waals surface area contributed by atoms with Crippen LogP contribution in [0.4, 0.5) is 4.79 Å². The van der Waals surface area contributed by atoms with Crippen molar-refractivity contribution in [1.29, 1.82) is 0 Å². The summed E-state index contributed by atoms with van der Waals surface area (Å²) >= 11 is 1.46. The number of nitrogens with two attached hydrogens (primary N) is 1. The van der Waals surface area contributed by atoms with Crippen LogP contribution < -0.4 is 5.73 Å². The molecule has 0 bridgehead atoms. The Bertz CT molecular complexity index is 599. The Morgan fingerprint density at radius 3 is 2.50 bits per heavy atom. The topological polar surface area (TPSA) is 117 Å². The maximum absolute atomic E-state index is 12.5. The number of halogens is 1. The van der Waals surface area contributed by atoms with Crippen molar-refractivity contribution >= 4 is 42.2 Å². The van der Waals surface area contributed by atoms with E-state index in [9.17, 15) is 14.4 Å². The standard InChI is InChI=1S/C15H22N2O7S.ClH/c1-7(2)22-15(20)24-8(3)23-14(19)11-9(5-21-4)6-25-13-10(16)12(18)17(11)13;/h7-8,10,13H,5-6,16H2,1-4H3;1H/t8?,10-,13-;/m1./s1. The number of nitrogens with zero attached hydrogens (tertiary/aromatic N) is 1. The number of methoxy groups -OCH3 is 1. The van der Waals surface area contributed by atoms with E-state index in [-0.39, 0.29) is 42.1 Å². The predicted octanol–water partition coefficient (Wildman–Crippen LogP) is 1.00. The molecule has 2 N–H and O–H groups in total. The molecule has 0 saturated carbocycles. The summed E-state index contributed by atoms with van der Waals surface area (Å²) in [5.74, 6) is -0.640. The Morgan fingerprint density at radius 2 is 1.92 bits per heavy atom. The summed E-state index contributed by atoms with van der Waals surface area (Å²) in [7, 11) is 1.49. The summed E-state index contributed by atoms with van der Waals surface area (Å²) in [4.78, 5) is 37.3. The minimum atomic E-state index is -1.17. The molecule has 1 amide bonds. The van der Waals surface area contributed by atoms with Gasteiger partial charge in [-0.05, 0) is 19.4 Å². The molecule has 0 spiro atoms. The van der Waals surface area contributed by atoms with Crippen LogP contribution in [0.2, 0.25) is 0 Å². The van der Waals surface area contributed by atoms with Gasteiger partial charge < -0.3 is 24.7 Å². The van der Waals surface area contributed by atoms with Crippen molar-refractivity contribution in [2.45, 2.75) is 44.6 Å². The first kappa shape index (κ1) is 22.6. The zero-order chi connectivity index (χ0) is 18.7. The molecule has 2 aliphatic rings. The van der Waals surface area contributed by atoms with Gasteiger partial charge in [0.05, 0.1) is 12.7 Å². The van der Waals surface area contributed by atoms with Crippen molar-refractivity contribution in [3.63, 3.8) is 0 Å². The second-order valence-corrected chi connectivity index (χ2v) is 6.93. The van der Waals surface area contributed by atoms with Gasteiger partial charge in [-0.15, -0.1) is 24.2 Å². The maximum Gasteiger partial charge on any atom is 0.511 e. The average Bonchev–Trinajstić information content (AvgIpc) is 2.52. The first-order chi connectivity index (χ1) is 11.8. The molecule has 1 unspecified atom stereocenters. The van der Waals surface area contributed by atoms with Crippen LogP contribution in [-0.2, 0) is 28.5 Å². The van der Waals surface area contributed by atoms with Gasteiger partial charge in [-0.25, -0.2) is 9.59 Å². The van der Waals surface area contributed by atoms with Crippen molar-refractivity contribution in [2.24, 2.45) is 5.73 Å². The summed E-state index contributed by atoms with van der Waals surface area (Å²) in [6.45, 7) is 4.89. The Morgan fingerprint density at radius 1 is 1.27 bits per heavy atom. The molecule has 0 aromatic carbocycles. The number of fused-ring (bicyclic) bond motifs is 1. The van der Waals surface area contributed by atoms with Gasteiger partial charge in [0.15, 0.2) is 0 Å². The molecule has 0 radical (unpaired) electrons. The highest BCUT2D eigenvalue weighted by Gasteiger charge is 2.52. The number of carbonyl (C=O) groups is 3. The quantitative estimate of drug-likeness (QED) is 0.388. The molecule has 26 heavy (non-hydrogen) atoms. The Labute approximate surface area is 161 Å². The smallest absolute Gasteiger partial charge is 0.431 e. The van der Waals surface area contributed by atoms with E-state index >= 15 is 0 Å². The fourth-order valence-corrected chi connectivity index (χ4v) is 3.71. The number of ether oxygens (including phenoxy) is 4. The SMILES string of the molecule is COCC1=C(C(=O)OC(C)OC(=O)OC(C)C)N2C(=O)[C@@H](N)[C@H]2SC1.Cl. The van der Waals surface area contributed by atoms with Crippen LogP contribution in [0.3, 0.4) is 0 Å². The molecule has 1 fully saturated rings. The maximum atomic E-state index is 12.5. The third-order valence-corrected chi connectivity index (χ3v) is 4.83. The predicted molar refractivity (Wildman–Crippen MR) is 95.5 cm³/mol. The third-order valence-electron chi connectivity index (χ3n) is 3.47. The van der Waals surface area contributed by atoms with E-state index in [2.05, 4.69) is 0 Å². The van der Waals surface area contributed by atoms with E-state index in [0.29, 0.717) is 11.3 Å². The lowest BCUT2D eigenvalue weighted by Gasteiger charge is -2.48. The highest BCUT2D eigenvalue weighted by atomic mass is 35.5. The molecule has 2 aliphatic heterocycles. The number of hydrogen-bond donors (Lipinski definition) is 1. The number of hydrogen-bond acceptors (Lipinski definition) is 9. The molecule has 9 nitrogen and oxygen atoms in total. The van der Waals surface area contributed by atoms with E-state index < -0.39 is 24.5 Å². The lowest BCUT2D eigenvalue weighted by Crippen LogP contribution is -2.68. The fraction of sp³-hybridized carbons (Fsp3) is 0.667. The van der Waals surface area contributed by atoms with Gasteiger partial charge in [-0.2, -0.15) is 0 Å². The van der Waals surface area contributed by atoms with Gasteiger partial charge in [0.1, 0.15) is 17.1 Å². The van der Waals surface area contributed by atoms with Gasteiger partial charge in [0, 0.05) is 19.8 Å². The monoisotopic (exact) mass is 410 g/mol. The third kappa shape index (κ3) is 4.81. The lowest BCUT2D eigenvalue weighted by atomic mass is 10.0. The van der Waals surface area contributed by atoms with Gasteiger partial charge >= 0.3 is 12.1 Å². The zero-order valence-corrected chi connectivity index (χ0v) is 16.6. The van der Waals surface area contributed by atoms with Crippen molar-refractivity contribution in [1.82, 2.24) is 4.90 Å². The van der Waals surface area contributed by atoms with Gasteiger partial charge in [0.2, 0.25) is 12.2 Å². The van der Waals surface area contributed by atoms with Crippen LogP contribution in [0.25, 0.3) is 0 Å². The highest BCUT2D eigenvalue weighted by molar-refractivity contribution is 8.00. The van der Waals surface area contributed by atoms with Crippen LogP contribution in [0.15, 0.2) is 11.3 Å². The molecule has 3 atom stereocenters.